The number of hydrazine groups is 1. The lowest BCUT2D eigenvalue weighted by Gasteiger charge is -2.31. The third kappa shape index (κ3) is 4.49. The Kier molecular flexibility index (Phi) is 6.09. The van der Waals surface area contributed by atoms with E-state index in [1.807, 2.05) is 18.3 Å². The smallest absolute Gasteiger partial charge is 0.220 e. The van der Waals surface area contributed by atoms with Gasteiger partial charge in [0.25, 0.3) is 0 Å². The fourth-order valence-corrected chi connectivity index (χ4v) is 4.17. The first-order valence-electron chi connectivity index (χ1n) is 11.0. The van der Waals surface area contributed by atoms with E-state index in [0.717, 1.165) is 42.8 Å². The Hall–Kier alpha value is -3.12. The molecule has 1 aromatic rings. The number of allylic oxidation sites excluding steroid dienone is 3. The van der Waals surface area contributed by atoms with Crippen molar-refractivity contribution in [1.29, 1.82) is 0 Å². The molecular formula is C25H32N6. The Labute approximate surface area is 185 Å². The van der Waals surface area contributed by atoms with Crippen molar-refractivity contribution < 1.29 is 0 Å². The molecular weight excluding hydrogens is 384 g/mol. The zero-order chi connectivity index (χ0) is 22.0. The van der Waals surface area contributed by atoms with E-state index < -0.39 is 0 Å². The summed E-state index contributed by atoms with van der Waals surface area (Å²) in [5, 5.41) is 5.47. The molecule has 6 nitrogen and oxygen atoms in total. The zero-order valence-corrected chi connectivity index (χ0v) is 18.7. The maximum absolute atomic E-state index is 4.94. The van der Waals surface area contributed by atoms with Gasteiger partial charge in [0, 0.05) is 43.0 Å². The Balaban J connectivity index is 1.50. The minimum absolute atomic E-state index is 0.0886. The van der Waals surface area contributed by atoms with Gasteiger partial charge in [-0.05, 0) is 42.9 Å². The monoisotopic (exact) mass is 416 g/mol. The Morgan fingerprint density at radius 2 is 1.94 bits per heavy atom. The first kappa shape index (κ1) is 21.1. The minimum Gasteiger partial charge on any atom is -0.348 e. The van der Waals surface area contributed by atoms with Gasteiger partial charge in [-0.15, -0.1) is 0 Å². The molecule has 162 valence electrons. The number of nitrogens with one attached hydrogen (secondary N) is 2. The van der Waals surface area contributed by atoms with Crippen LogP contribution in [0.3, 0.4) is 0 Å². The summed E-state index contributed by atoms with van der Waals surface area (Å²) in [4.78, 5) is 11.7. The molecule has 31 heavy (non-hydrogen) atoms. The van der Waals surface area contributed by atoms with Crippen LogP contribution in [-0.4, -0.2) is 41.8 Å². The molecule has 3 aliphatic heterocycles. The van der Waals surface area contributed by atoms with E-state index in [2.05, 4.69) is 84.2 Å². The molecule has 4 rings (SSSR count). The van der Waals surface area contributed by atoms with Crippen LogP contribution in [0.15, 0.2) is 76.7 Å². The summed E-state index contributed by atoms with van der Waals surface area (Å²) in [6, 6.07) is 8.78. The molecule has 2 unspecified atom stereocenters. The summed E-state index contributed by atoms with van der Waals surface area (Å²) < 4.78 is 0. The van der Waals surface area contributed by atoms with Crippen molar-refractivity contribution in [2.75, 3.05) is 13.6 Å². The summed E-state index contributed by atoms with van der Waals surface area (Å²) in [7, 11) is 2.01. The van der Waals surface area contributed by atoms with Gasteiger partial charge < -0.3 is 15.2 Å². The highest BCUT2D eigenvalue weighted by atomic mass is 15.5. The molecule has 2 atom stereocenters. The number of likely N-dealkylation sites (tertiary alicyclic amines) is 1. The van der Waals surface area contributed by atoms with Crippen LogP contribution in [0.25, 0.3) is 5.57 Å². The molecule has 0 radical (unpaired) electrons. The molecule has 0 aromatic heterocycles. The van der Waals surface area contributed by atoms with Gasteiger partial charge in [0.05, 0.1) is 6.04 Å². The van der Waals surface area contributed by atoms with Gasteiger partial charge in [0.15, 0.2) is 6.17 Å². The summed E-state index contributed by atoms with van der Waals surface area (Å²) in [5.74, 6) is 0.645. The van der Waals surface area contributed by atoms with E-state index in [0.29, 0.717) is 5.96 Å². The highest BCUT2D eigenvalue weighted by molar-refractivity contribution is 5.97. The molecule has 1 saturated heterocycles. The fourth-order valence-electron chi connectivity index (χ4n) is 4.17. The lowest BCUT2D eigenvalue weighted by molar-refractivity contribution is 0.374. The molecule has 0 bridgehead atoms. The van der Waals surface area contributed by atoms with Crippen molar-refractivity contribution in [3.8, 4) is 0 Å². The van der Waals surface area contributed by atoms with Gasteiger partial charge in [-0.25, -0.2) is 15.4 Å². The topological polar surface area (TPSA) is 55.3 Å². The lowest BCUT2D eigenvalue weighted by Crippen LogP contribution is -2.37. The number of nitrogens with zero attached hydrogens (tertiary/aromatic N) is 4. The van der Waals surface area contributed by atoms with Crippen LogP contribution in [-0.2, 0) is 0 Å². The number of hydrogen-bond acceptors (Lipinski definition) is 6. The predicted octanol–water partition coefficient (Wildman–Crippen LogP) is 4.35. The maximum Gasteiger partial charge on any atom is 0.220 e. The van der Waals surface area contributed by atoms with Crippen molar-refractivity contribution in [1.82, 2.24) is 20.7 Å². The minimum atomic E-state index is -0.143. The van der Waals surface area contributed by atoms with E-state index >= 15 is 0 Å². The Morgan fingerprint density at radius 3 is 2.55 bits per heavy atom. The van der Waals surface area contributed by atoms with Crippen LogP contribution < -0.4 is 10.7 Å². The van der Waals surface area contributed by atoms with Crippen molar-refractivity contribution in [2.24, 2.45) is 9.98 Å². The van der Waals surface area contributed by atoms with E-state index in [-0.39, 0.29) is 12.2 Å². The average Bonchev–Trinajstić information content (AvgIpc) is 3.34. The second-order valence-electron chi connectivity index (χ2n) is 8.29. The molecule has 6 heteroatoms. The van der Waals surface area contributed by atoms with Gasteiger partial charge in [-0.2, -0.15) is 0 Å². The summed E-state index contributed by atoms with van der Waals surface area (Å²) in [6.07, 6.45) is 8.91. The van der Waals surface area contributed by atoms with Crippen LogP contribution in [0, 0.1) is 0 Å². The van der Waals surface area contributed by atoms with E-state index in [4.69, 9.17) is 4.99 Å². The van der Waals surface area contributed by atoms with Crippen molar-refractivity contribution >= 4 is 17.7 Å². The first-order valence-corrected chi connectivity index (χ1v) is 11.0. The molecule has 3 heterocycles. The van der Waals surface area contributed by atoms with Crippen LogP contribution >= 0.6 is 0 Å². The summed E-state index contributed by atoms with van der Waals surface area (Å²) in [6.45, 7) is 13.6. The van der Waals surface area contributed by atoms with E-state index in [1.165, 1.54) is 16.7 Å². The Bertz CT molecular complexity index is 966. The predicted molar refractivity (Wildman–Crippen MR) is 129 cm³/mol. The molecule has 0 saturated carbocycles. The molecule has 1 fully saturated rings. The number of hydrogen-bond donors (Lipinski definition) is 2. The normalized spacial score (nSPS) is 23.5. The lowest BCUT2D eigenvalue weighted by atomic mass is 10.0. The maximum atomic E-state index is 4.94. The zero-order valence-electron chi connectivity index (χ0n) is 18.7. The van der Waals surface area contributed by atoms with Crippen molar-refractivity contribution in [3.05, 3.63) is 77.8 Å². The summed E-state index contributed by atoms with van der Waals surface area (Å²) in [5.41, 5.74) is 10.2. The van der Waals surface area contributed by atoms with E-state index in [1.54, 1.807) is 0 Å². The van der Waals surface area contributed by atoms with Gasteiger partial charge in [-0.3, -0.25) is 0 Å². The molecule has 0 spiro atoms. The molecule has 3 aliphatic rings. The second kappa shape index (κ2) is 8.94. The molecule has 0 aliphatic carbocycles. The second-order valence-corrected chi connectivity index (χ2v) is 8.29. The van der Waals surface area contributed by atoms with Crippen LogP contribution in [0.1, 0.15) is 50.3 Å². The van der Waals surface area contributed by atoms with E-state index in [9.17, 15) is 0 Å². The van der Waals surface area contributed by atoms with Gasteiger partial charge in [0.2, 0.25) is 5.96 Å². The van der Waals surface area contributed by atoms with Crippen molar-refractivity contribution in [2.45, 2.75) is 45.3 Å². The SMILES string of the molecule is C=C1CCC(=C)N1C1N=C(NC(C)c2ccc(C3=CN(C)NC3)cc2)N=C/C1=C\CC. The highest BCUT2D eigenvalue weighted by Gasteiger charge is 2.31. The highest BCUT2D eigenvalue weighted by Crippen LogP contribution is 2.34. The average molecular weight is 417 g/mol. The summed E-state index contributed by atoms with van der Waals surface area (Å²) >= 11 is 0. The number of benzene rings is 1. The van der Waals surface area contributed by atoms with Crippen LogP contribution in [0.2, 0.25) is 0 Å². The van der Waals surface area contributed by atoms with Crippen molar-refractivity contribution in [3.63, 3.8) is 0 Å². The Morgan fingerprint density at radius 1 is 1.23 bits per heavy atom. The number of guanidine groups is 1. The largest absolute Gasteiger partial charge is 0.348 e. The van der Waals surface area contributed by atoms with Gasteiger partial charge in [0.1, 0.15) is 0 Å². The molecule has 2 N–H and O–H groups in total. The van der Waals surface area contributed by atoms with Gasteiger partial charge >= 0.3 is 0 Å². The van der Waals surface area contributed by atoms with Crippen LogP contribution in [0.5, 0.6) is 0 Å². The molecule has 1 aromatic carbocycles. The molecule has 0 amide bonds. The van der Waals surface area contributed by atoms with Crippen LogP contribution in [0.4, 0.5) is 0 Å². The third-order valence-corrected chi connectivity index (χ3v) is 5.94. The standard InChI is InChI=1S/C25H32N6/c1-6-7-22-14-26-25(29-24(22)31-17(2)8-9-18(31)3)28-19(4)20-10-12-21(13-11-20)23-15-27-30(5)16-23/h7,10-14,16,19,24,27H,2-3,6,8-9,15H2,1,4-5H3,(H,28,29)/b22-7+. The first-order chi connectivity index (χ1) is 15.0. The fraction of sp³-hybridized carbons (Fsp3) is 0.360. The quantitative estimate of drug-likeness (QED) is 0.749. The number of rotatable bonds is 5. The third-order valence-electron chi connectivity index (χ3n) is 5.94. The number of aliphatic imine (C=N–C) groups is 2. The van der Waals surface area contributed by atoms with Gasteiger partial charge in [-0.1, -0.05) is 50.4 Å².